The molecule has 0 unspecified atom stereocenters. The number of para-hydroxylation sites is 1. The number of ether oxygens (including phenoxy) is 1. The maximum atomic E-state index is 12.7. The molecule has 0 aliphatic carbocycles. The van der Waals surface area contributed by atoms with Crippen molar-refractivity contribution in [1.29, 1.82) is 0 Å². The minimum Gasteiger partial charge on any atom is -0.494 e. The third kappa shape index (κ3) is 5.09. The smallest absolute Gasteiger partial charge is 0.245 e. The molecule has 1 atom stereocenters. The van der Waals surface area contributed by atoms with Crippen LogP contribution in [0.15, 0.2) is 60.7 Å². The quantitative estimate of drug-likeness (QED) is 0.675. The second-order valence-electron chi connectivity index (χ2n) is 6.81. The summed E-state index contributed by atoms with van der Waals surface area (Å²) in [5.41, 5.74) is 1.04. The van der Waals surface area contributed by atoms with Crippen LogP contribution in [-0.4, -0.2) is 47.4 Å². The molecule has 5 nitrogen and oxygen atoms in total. The molecule has 1 fully saturated rings. The molecule has 5 heteroatoms. The summed E-state index contributed by atoms with van der Waals surface area (Å²) in [7, 11) is 0. The second-order valence-corrected chi connectivity index (χ2v) is 6.81. The molecule has 3 rings (SSSR count). The van der Waals surface area contributed by atoms with Gasteiger partial charge in [0.05, 0.1) is 6.61 Å². The van der Waals surface area contributed by atoms with Gasteiger partial charge in [-0.05, 0) is 37.5 Å². The van der Waals surface area contributed by atoms with E-state index in [-0.39, 0.29) is 18.4 Å². The van der Waals surface area contributed by atoms with Crippen LogP contribution in [0.3, 0.4) is 0 Å². The first kappa shape index (κ1) is 19.0. The molecular formula is C22H26N2O3. The van der Waals surface area contributed by atoms with Gasteiger partial charge in [-0.3, -0.25) is 9.59 Å². The molecule has 2 amide bonds. The molecule has 1 aliphatic heterocycles. The predicted molar refractivity (Wildman–Crippen MR) is 104 cm³/mol. The number of carbonyl (C=O) groups is 2. The van der Waals surface area contributed by atoms with Crippen molar-refractivity contribution in [2.75, 3.05) is 19.7 Å². The minimum atomic E-state index is -0.412. The van der Waals surface area contributed by atoms with E-state index >= 15 is 0 Å². The standard InChI is InChI=1S/C22H26N2O3/c1-18-22(26)23(16-19-10-4-2-5-11-19)17-21(25)24(18)14-8-9-15-27-20-12-6-3-7-13-20/h2-7,10-13,18H,8-9,14-17H2,1H3/t18-/m0/s1. The van der Waals surface area contributed by atoms with Crippen LogP contribution in [0.2, 0.25) is 0 Å². The highest BCUT2D eigenvalue weighted by atomic mass is 16.5. The van der Waals surface area contributed by atoms with Crippen molar-refractivity contribution in [3.8, 4) is 5.75 Å². The number of rotatable bonds is 8. The fraction of sp³-hybridized carbons (Fsp3) is 0.364. The average molecular weight is 366 g/mol. The van der Waals surface area contributed by atoms with Crippen molar-refractivity contribution in [1.82, 2.24) is 9.80 Å². The van der Waals surface area contributed by atoms with Crippen LogP contribution in [-0.2, 0) is 16.1 Å². The van der Waals surface area contributed by atoms with Gasteiger partial charge in [-0.15, -0.1) is 0 Å². The van der Waals surface area contributed by atoms with E-state index in [0.29, 0.717) is 19.7 Å². The van der Waals surface area contributed by atoms with E-state index in [1.54, 1.807) is 9.80 Å². The number of benzene rings is 2. The van der Waals surface area contributed by atoms with Gasteiger partial charge in [0.15, 0.2) is 0 Å². The Bertz CT molecular complexity index is 749. The summed E-state index contributed by atoms with van der Waals surface area (Å²) in [6.07, 6.45) is 1.65. The zero-order valence-electron chi connectivity index (χ0n) is 15.7. The molecule has 0 radical (unpaired) electrons. The van der Waals surface area contributed by atoms with Gasteiger partial charge in [0.1, 0.15) is 18.3 Å². The van der Waals surface area contributed by atoms with Crippen LogP contribution >= 0.6 is 0 Å². The van der Waals surface area contributed by atoms with Crippen LogP contribution < -0.4 is 4.74 Å². The molecule has 0 bridgehead atoms. The molecule has 0 N–H and O–H groups in total. The van der Waals surface area contributed by atoms with Crippen molar-refractivity contribution >= 4 is 11.8 Å². The van der Waals surface area contributed by atoms with E-state index in [1.165, 1.54) is 0 Å². The fourth-order valence-corrected chi connectivity index (χ4v) is 3.29. The summed E-state index contributed by atoms with van der Waals surface area (Å²) >= 11 is 0. The number of hydrogen-bond acceptors (Lipinski definition) is 3. The summed E-state index contributed by atoms with van der Waals surface area (Å²) < 4.78 is 5.68. The third-order valence-electron chi connectivity index (χ3n) is 4.80. The predicted octanol–water partition coefficient (Wildman–Crippen LogP) is 3.11. The maximum absolute atomic E-state index is 12.7. The van der Waals surface area contributed by atoms with E-state index in [0.717, 1.165) is 24.2 Å². The summed E-state index contributed by atoms with van der Waals surface area (Å²) in [5, 5.41) is 0. The third-order valence-corrected chi connectivity index (χ3v) is 4.80. The number of amides is 2. The van der Waals surface area contributed by atoms with Crippen LogP contribution in [0.4, 0.5) is 0 Å². The van der Waals surface area contributed by atoms with Crippen molar-refractivity contribution < 1.29 is 14.3 Å². The zero-order valence-corrected chi connectivity index (χ0v) is 15.7. The molecule has 1 saturated heterocycles. The van der Waals surface area contributed by atoms with Gasteiger partial charge < -0.3 is 14.5 Å². The SMILES string of the molecule is C[C@H]1C(=O)N(Cc2ccccc2)CC(=O)N1CCCCOc1ccccc1. The monoisotopic (exact) mass is 366 g/mol. The van der Waals surface area contributed by atoms with E-state index in [2.05, 4.69) is 0 Å². The summed E-state index contributed by atoms with van der Waals surface area (Å²) in [5.74, 6) is 0.882. The van der Waals surface area contributed by atoms with Gasteiger partial charge >= 0.3 is 0 Å². The highest BCUT2D eigenvalue weighted by Gasteiger charge is 2.35. The van der Waals surface area contributed by atoms with Gasteiger partial charge in [-0.1, -0.05) is 48.5 Å². The Balaban J connectivity index is 1.45. The Hall–Kier alpha value is -2.82. The van der Waals surface area contributed by atoms with Gasteiger partial charge in [-0.25, -0.2) is 0 Å². The van der Waals surface area contributed by atoms with Crippen LogP contribution in [0.5, 0.6) is 5.75 Å². The normalized spacial score (nSPS) is 17.3. The van der Waals surface area contributed by atoms with Crippen LogP contribution in [0, 0.1) is 0 Å². The van der Waals surface area contributed by atoms with Crippen molar-refractivity contribution in [3.05, 3.63) is 66.2 Å². The Morgan fingerprint density at radius 3 is 2.33 bits per heavy atom. The largest absolute Gasteiger partial charge is 0.494 e. The lowest BCUT2D eigenvalue weighted by molar-refractivity contribution is -0.155. The molecule has 0 saturated carbocycles. The van der Waals surface area contributed by atoms with E-state index in [1.807, 2.05) is 67.6 Å². The Morgan fingerprint density at radius 2 is 1.63 bits per heavy atom. The Labute approximate surface area is 160 Å². The lowest BCUT2D eigenvalue weighted by Gasteiger charge is -2.38. The molecule has 2 aromatic carbocycles. The maximum Gasteiger partial charge on any atom is 0.245 e. The lowest BCUT2D eigenvalue weighted by atomic mass is 10.1. The molecule has 0 spiro atoms. The minimum absolute atomic E-state index is 0.0130. The molecule has 2 aromatic rings. The Morgan fingerprint density at radius 1 is 0.963 bits per heavy atom. The highest BCUT2D eigenvalue weighted by molar-refractivity contribution is 5.94. The van der Waals surface area contributed by atoms with Crippen LogP contribution in [0.1, 0.15) is 25.3 Å². The topological polar surface area (TPSA) is 49.9 Å². The fourth-order valence-electron chi connectivity index (χ4n) is 3.29. The zero-order chi connectivity index (χ0) is 19.1. The second kappa shape index (κ2) is 9.21. The van der Waals surface area contributed by atoms with E-state index in [9.17, 15) is 9.59 Å². The molecule has 1 aliphatic rings. The van der Waals surface area contributed by atoms with Gasteiger partial charge in [0.2, 0.25) is 11.8 Å². The molecule has 1 heterocycles. The highest BCUT2D eigenvalue weighted by Crippen LogP contribution is 2.16. The summed E-state index contributed by atoms with van der Waals surface area (Å²) in [4.78, 5) is 28.6. The average Bonchev–Trinajstić information content (AvgIpc) is 2.69. The molecule has 0 aromatic heterocycles. The number of unbranched alkanes of at least 4 members (excludes halogenated alkanes) is 1. The van der Waals surface area contributed by atoms with Crippen LogP contribution in [0.25, 0.3) is 0 Å². The lowest BCUT2D eigenvalue weighted by Crippen LogP contribution is -2.58. The van der Waals surface area contributed by atoms with Crippen molar-refractivity contribution in [3.63, 3.8) is 0 Å². The van der Waals surface area contributed by atoms with Crippen molar-refractivity contribution in [2.24, 2.45) is 0 Å². The first-order valence-electron chi connectivity index (χ1n) is 9.45. The number of piperazine rings is 1. The molecule has 142 valence electrons. The number of hydrogen-bond donors (Lipinski definition) is 0. The van der Waals surface area contributed by atoms with Gasteiger partial charge in [0.25, 0.3) is 0 Å². The van der Waals surface area contributed by atoms with E-state index < -0.39 is 6.04 Å². The van der Waals surface area contributed by atoms with Gasteiger partial charge in [-0.2, -0.15) is 0 Å². The van der Waals surface area contributed by atoms with E-state index in [4.69, 9.17) is 4.74 Å². The molecular weight excluding hydrogens is 340 g/mol. The Kier molecular flexibility index (Phi) is 6.47. The first-order valence-corrected chi connectivity index (χ1v) is 9.45. The number of nitrogens with zero attached hydrogens (tertiary/aromatic N) is 2. The van der Waals surface area contributed by atoms with Gasteiger partial charge in [0, 0.05) is 13.1 Å². The first-order chi connectivity index (χ1) is 13.1. The molecule has 27 heavy (non-hydrogen) atoms. The summed E-state index contributed by atoms with van der Waals surface area (Å²) in [6.45, 7) is 3.64. The number of carbonyl (C=O) groups excluding carboxylic acids is 2. The van der Waals surface area contributed by atoms with Crippen molar-refractivity contribution in [2.45, 2.75) is 32.4 Å². The summed E-state index contributed by atoms with van der Waals surface area (Å²) in [6, 6.07) is 19.1.